The van der Waals surface area contributed by atoms with E-state index in [1.54, 1.807) is 7.11 Å². The number of ketones is 1. The predicted molar refractivity (Wildman–Crippen MR) is 140 cm³/mol. The second kappa shape index (κ2) is 9.87. The number of ether oxygens (including phenoxy) is 2. The first-order chi connectivity index (χ1) is 17.1. The molecule has 5 nitrogen and oxygen atoms in total. The molecule has 2 unspecified atom stereocenters. The Bertz CT molecular complexity index is 1260. The molecule has 0 amide bonds. The normalized spacial score (nSPS) is 19.1. The van der Waals surface area contributed by atoms with Gasteiger partial charge >= 0.3 is 0 Å². The number of carbonyl (C=O) groups excluding carboxylic acids is 1. The Morgan fingerprint density at radius 1 is 0.886 bits per heavy atom. The lowest BCUT2D eigenvalue weighted by Gasteiger charge is -2.30. The van der Waals surface area contributed by atoms with Crippen molar-refractivity contribution in [3.63, 3.8) is 0 Å². The molecule has 2 N–H and O–H groups in total. The minimum absolute atomic E-state index is 0.153. The summed E-state index contributed by atoms with van der Waals surface area (Å²) in [4.78, 5) is 13.8. The Morgan fingerprint density at radius 3 is 2.34 bits per heavy atom. The van der Waals surface area contributed by atoms with Crippen LogP contribution in [0.4, 0.5) is 11.4 Å². The molecule has 1 aliphatic heterocycles. The van der Waals surface area contributed by atoms with E-state index >= 15 is 0 Å². The van der Waals surface area contributed by atoms with Crippen molar-refractivity contribution in [1.29, 1.82) is 0 Å². The SMILES string of the molecule is CCOc1ccc(C2Nc3ccccc3NC3=C2C(=O)CC(c2ccc(CC)cc2)C3)cc1OC. The van der Waals surface area contributed by atoms with Crippen LogP contribution in [0.25, 0.3) is 0 Å². The maximum Gasteiger partial charge on any atom is 0.163 e. The molecule has 3 aromatic carbocycles. The number of rotatable bonds is 6. The number of allylic oxidation sites excluding steroid dienone is 1. The van der Waals surface area contributed by atoms with Crippen molar-refractivity contribution in [3.8, 4) is 11.5 Å². The molecule has 0 aromatic heterocycles. The third-order valence-electron chi connectivity index (χ3n) is 6.99. The van der Waals surface area contributed by atoms with E-state index in [1.807, 2.05) is 43.3 Å². The maximum absolute atomic E-state index is 13.8. The van der Waals surface area contributed by atoms with E-state index in [9.17, 15) is 4.79 Å². The standard InChI is InChI=1S/C30H32N2O3/c1-4-19-10-12-20(13-11-19)22-16-25-29(26(33)17-22)30(32-24-9-7-6-8-23(24)31-25)21-14-15-27(35-5-2)28(18-21)34-3/h6-15,18,22,30-32H,4-5,16-17H2,1-3H3. The van der Waals surface area contributed by atoms with Gasteiger partial charge < -0.3 is 20.1 Å². The molecule has 5 rings (SSSR count). The second-order valence-corrected chi connectivity index (χ2v) is 9.11. The quantitative estimate of drug-likeness (QED) is 0.425. The van der Waals surface area contributed by atoms with Gasteiger partial charge in [-0.25, -0.2) is 0 Å². The zero-order valence-corrected chi connectivity index (χ0v) is 20.6. The zero-order valence-electron chi connectivity index (χ0n) is 20.6. The highest BCUT2D eigenvalue weighted by Gasteiger charge is 2.36. The first kappa shape index (κ1) is 23.0. The molecule has 0 saturated heterocycles. The number of anilines is 2. The van der Waals surface area contributed by atoms with Crippen LogP contribution in [-0.4, -0.2) is 19.5 Å². The Morgan fingerprint density at radius 2 is 1.63 bits per heavy atom. The van der Waals surface area contributed by atoms with Crippen LogP contribution in [0.5, 0.6) is 11.5 Å². The predicted octanol–water partition coefficient (Wildman–Crippen LogP) is 6.64. The van der Waals surface area contributed by atoms with Crippen LogP contribution in [-0.2, 0) is 11.2 Å². The van der Waals surface area contributed by atoms with Crippen LogP contribution >= 0.6 is 0 Å². The molecule has 180 valence electrons. The lowest BCUT2D eigenvalue weighted by atomic mass is 9.78. The molecule has 0 saturated carbocycles. The summed E-state index contributed by atoms with van der Waals surface area (Å²) >= 11 is 0. The Hall–Kier alpha value is -3.73. The number of fused-ring (bicyclic) bond motifs is 1. The lowest BCUT2D eigenvalue weighted by Crippen LogP contribution is -2.27. The van der Waals surface area contributed by atoms with Gasteiger partial charge in [0.2, 0.25) is 0 Å². The number of methoxy groups -OCH3 is 1. The van der Waals surface area contributed by atoms with Crippen LogP contribution < -0.4 is 20.1 Å². The van der Waals surface area contributed by atoms with E-state index in [1.165, 1.54) is 11.1 Å². The summed E-state index contributed by atoms with van der Waals surface area (Å²) in [6, 6.07) is 22.5. The summed E-state index contributed by atoms with van der Waals surface area (Å²) < 4.78 is 11.3. The summed E-state index contributed by atoms with van der Waals surface area (Å²) in [6.07, 6.45) is 2.29. The van der Waals surface area contributed by atoms with E-state index in [-0.39, 0.29) is 17.7 Å². The molecule has 35 heavy (non-hydrogen) atoms. The van der Waals surface area contributed by atoms with E-state index < -0.39 is 0 Å². The lowest BCUT2D eigenvalue weighted by molar-refractivity contribution is -0.116. The monoisotopic (exact) mass is 468 g/mol. The molecule has 5 heteroatoms. The van der Waals surface area contributed by atoms with Gasteiger partial charge in [0.25, 0.3) is 0 Å². The van der Waals surface area contributed by atoms with Crippen molar-refractivity contribution in [2.45, 2.75) is 45.1 Å². The van der Waals surface area contributed by atoms with Gasteiger partial charge in [0.15, 0.2) is 17.3 Å². The van der Waals surface area contributed by atoms with Crippen molar-refractivity contribution in [1.82, 2.24) is 0 Å². The van der Waals surface area contributed by atoms with Gasteiger partial charge in [-0.05, 0) is 66.6 Å². The van der Waals surface area contributed by atoms with Crippen LogP contribution in [0, 0.1) is 0 Å². The van der Waals surface area contributed by atoms with E-state index in [0.29, 0.717) is 24.5 Å². The molecule has 1 heterocycles. The highest BCUT2D eigenvalue weighted by molar-refractivity contribution is 6.01. The summed E-state index contributed by atoms with van der Waals surface area (Å²) in [6.45, 7) is 4.67. The largest absolute Gasteiger partial charge is 0.493 e. The van der Waals surface area contributed by atoms with Gasteiger partial charge in [-0.15, -0.1) is 0 Å². The topological polar surface area (TPSA) is 59.6 Å². The smallest absolute Gasteiger partial charge is 0.163 e. The second-order valence-electron chi connectivity index (χ2n) is 9.11. The average molecular weight is 469 g/mol. The summed E-state index contributed by atoms with van der Waals surface area (Å²) in [7, 11) is 1.64. The molecular formula is C30H32N2O3. The Labute approximate surface area is 207 Å². The van der Waals surface area contributed by atoms with Crippen molar-refractivity contribution >= 4 is 17.2 Å². The van der Waals surface area contributed by atoms with Crippen molar-refractivity contribution in [3.05, 3.63) is 94.7 Å². The molecule has 3 aromatic rings. The van der Waals surface area contributed by atoms with Gasteiger partial charge in [-0.3, -0.25) is 4.79 Å². The number of para-hydroxylation sites is 2. The third-order valence-corrected chi connectivity index (χ3v) is 6.99. The fourth-order valence-electron chi connectivity index (χ4n) is 5.14. The number of hydrogen-bond acceptors (Lipinski definition) is 5. The molecule has 0 radical (unpaired) electrons. The first-order valence-corrected chi connectivity index (χ1v) is 12.4. The number of hydrogen-bond donors (Lipinski definition) is 2. The van der Waals surface area contributed by atoms with Crippen LogP contribution in [0.15, 0.2) is 78.0 Å². The van der Waals surface area contributed by atoms with Crippen LogP contribution in [0.2, 0.25) is 0 Å². The number of Topliss-reactive ketones (excluding diaryl/α,β-unsaturated/α-hetero) is 1. The maximum atomic E-state index is 13.8. The molecule has 2 atom stereocenters. The zero-order chi connectivity index (χ0) is 24.4. The van der Waals surface area contributed by atoms with Crippen molar-refractivity contribution in [2.24, 2.45) is 0 Å². The van der Waals surface area contributed by atoms with E-state index in [4.69, 9.17) is 9.47 Å². The summed E-state index contributed by atoms with van der Waals surface area (Å²) in [5.74, 6) is 1.68. The number of carbonyl (C=O) groups is 1. The van der Waals surface area contributed by atoms with Crippen molar-refractivity contribution in [2.75, 3.05) is 24.4 Å². The van der Waals surface area contributed by atoms with Gasteiger partial charge in [-0.2, -0.15) is 0 Å². The first-order valence-electron chi connectivity index (χ1n) is 12.4. The molecule has 0 spiro atoms. The average Bonchev–Trinajstić information content (AvgIpc) is 3.06. The molecular weight excluding hydrogens is 436 g/mol. The van der Waals surface area contributed by atoms with Gasteiger partial charge in [0.1, 0.15) is 0 Å². The Balaban J connectivity index is 1.57. The highest BCUT2D eigenvalue weighted by atomic mass is 16.5. The molecule has 0 fully saturated rings. The van der Waals surface area contributed by atoms with E-state index in [0.717, 1.165) is 41.1 Å². The number of benzene rings is 3. The molecule has 0 bridgehead atoms. The Kier molecular flexibility index (Phi) is 6.49. The minimum Gasteiger partial charge on any atom is -0.493 e. The highest BCUT2D eigenvalue weighted by Crippen LogP contribution is 2.45. The summed E-state index contributed by atoms with van der Waals surface area (Å²) in [5.41, 5.74) is 7.23. The van der Waals surface area contributed by atoms with Gasteiger partial charge in [-0.1, -0.05) is 49.4 Å². The molecule has 1 aliphatic carbocycles. The molecule has 2 aliphatic rings. The van der Waals surface area contributed by atoms with Crippen molar-refractivity contribution < 1.29 is 14.3 Å². The minimum atomic E-state index is -0.290. The number of nitrogens with one attached hydrogen (secondary N) is 2. The van der Waals surface area contributed by atoms with E-state index in [2.05, 4.69) is 47.9 Å². The number of aryl methyl sites for hydroxylation is 1. The van der Waals surface area contributed by atoms with Crippen LogP contribution in [0.3, 0.4) is 0 Å². The fourth-order valence-corrected chi connectivity index (χ4v) is 5.14. The van der Waals surface area contributed by atoms with Gasteiger partial charge in [0.05, 0.1) is 31.1 Å². The van der Waals surface area contributed by atoms with Crippen LogP contribution in [0.1, 0.15) is 55.3 Å². The third kappa shape index (κ3) is 4.51. The summed E-state index contributed by atoms with van der Waals surface area (Å²) in [5, 5.41) is 7.25. The fraction of sp³-hybridized carbons (Fsp3) is 0.300. The van der Waals surface area contributed by atoms with Gasteiger partial charge in [0, 0.05) is 17.7 Å².